The summed E-state index contributed by atoms with van der Waals surface area (Å²) in [5, 5.41) is 2.30. The highest BCUT2D eigenvalue weighted by atomic mass is 19.2. The van der Waals surface area contributed by atoms with E-state index in [1.165, 1.54) is 0 Å². The number of pyridine rings is 1. The van der Waals surface area contributed by atoms with Crippen LogP contribution in [-0.4, -0.2) is 16.9 Å². The van der Waals surface area contributed by atoms with Gasteiger partial charge in [-0.05, 0) is 13.0 Å². The van der Waals surface area contributed by atoms with Gasteiger partial charge in [-0.2, -0.15) is 4.39 Å². The monoisotopic (exact) mass is 210 g/mol. The third-order valence-corrected chi connectivity index (χ3v) is 1.69. The second kappa shape index (κ2) is 4.51. The Hall–Kier alpha value is -1.96. The van der Waals surface area contributed by atoms with Crippen LogP contribution in [0.3, 0.4) is 0 Å². The third-order valence-electron chi connectivity index (χ3n) is 1.69. The van der Waals surface area contributed by atoms with Crippen LogP contribution >= 0.6 is 0 Å². The maximum absolute atomic E-state index is 13.1. The molecule has 1 rings (SSSR count). The summed E-state index contributed by atoms with van der Waals surface area (Å²) in [6, 6.07) is 0.532. The topological polar surface area (TPSA) is 42.0 Å². The zero-order valence-electron chi connectivity index (χ0n) is 7.92. The fourth-order valence-electron chi connectivity index (χ4n) is 0.910. The SMILES string of the molecule is C#CC(C)NC(=O)c1ccnc(F)c1F. The van der Waals surface area contributed by atoms with Crippen molar-refractivity contribution < 1.29 is 13.6 Å². The highest BCUT2D eigenvalue weighted by Crippen LogP contribution is 2.08. The molecule has 0 aliphatic rings. The molecular formula is C10H8F2N2O. The number of carbonyl (C=O) groups excluding carboxylic acids is 1. The molecule has 1 N–H and O–H groups in total. The first-order chi connectivity index (χ1) is 7.06. The van der Waals surface area contributed by atoms with Gasteiger partial charge < -0.3 is 5.32 Å². The maximum Gasteiger partial charge on any atom is 0.255 e. The van der Waals surface area contributed by atoms with Gasteiger partial charge in [-0.1, -0.05) is 5.92 Å². The predicted molar refractivity (Wildman–Crippen MR) is 49.9 cm³/mol. The smallest absolute Gasteiger partial charge is 0.255 e. The summed E-state index contributed by atoms with van der Waals surface area (Å²) in [4.78, 5) is 14.4. The number of rotatable bonds is 2. The van der Waals surface area contributed by atoms with Crippen LogP contribution < -0.4 is 5.32 Å². The number of aromatic nitrogens is 1. The standard InChI is InChI=1S/C10H8F2N2O/c1-3-6(2)14-10(15)7-4-5-13-9(12)8(7)11/h1,4-6H,2H3,(H,14,15). The molecule has 0 saturated carbocycles. The molecule has 0 radical (unpaired) electrons. The van der Waals surface area contributed by atoms with Crippen LogP contribution in [0, 0.1) is 24.1 Å². The number of hydrogen-bond acceptors (Lipinski definition) is 2. The van der Waals surface area contributed by atoms with E-state index >= 15 is 0 Å². The van der Waals surface area contributed by atoms with Crippen molar-refractivity contribution in [2.45, 2.75) is 13.0 Å². The Balaban J connectivity index is 2.93. The summed E-state index contributed by atoms with van der Waals surface area (Å²) in [5.41, 5.74) is -0.412. The number of halogens is 2. The maximum atomic E-state index is 13.1. The molecule has 1 amide bonds. The van der Waals surface area contributed by atoms with Crippen molar-refractivity contribution >= 4 is 5.91 Å². The van der Waals surface area contributed by atoms with Crippen LogP contribution in [0.25, 0.3) is 0 Å². The third kappa shape index (κ3) is 2.50. The van der Waals surface area contributed by atoms with Gasteiger partial charge in [0.15, 0.2) is 5.82 Å². The lowest BCUT2D eigenvalue weighted by atomic mass is 10.2. The number of nitrogens with one attached hydrogen (secondary N) is 1. The van der Waals surface area contributed by atoms with Gasteiger partial charge in [0.05, 0.1) is 11.6 Å². The van der Waals surface area contributed by atoms with Crippen molar-refractivity contribution in [2.24, 2.45) is 0 Å². The summed E-state index contributed by atoms with van der Waals surface area (Å²) in [6.45, 7) is 1.55. The highest BCUT2D eigenvalue weighted by Gasteiger charge is 2.16. The predicted octanol–water partition coefficient (Wildman–Crippen LogP) is 1.11. The first kappa shape index (κ1) is 11.1. The molecular weight excluding hydrogens is 202 g/mol. The lowest BCUT2D eigenvalue weighted by Crippen LogP contribution is -2.32. The van der Waals surface area contributed by atoms with Gasteiger partial charge in [0.25, 0.3) is 5.91 Å². The van der Waals surface area contributed by atoms with E-state index in [4.69, 9.17) is 6.42 Å². The molecule has 5 heteroatoms. The molecule has 0 spiro atoms. The van der Waals surface area contributed by atoms with Crippen LogP contribution in [0.2, 0.25) is 0 Å². The first-order valence-corrected chi connectivity index (χ1v) is 4.13. The molecule has 3 nitrogen and oxygen atoms in total. The highest BCUT2D eigenvalue weighted by molar-refractivity contribution is 5.94. The van der Waals surface area contributed by atoms with Gasteiger partial charge >= 0.3 is 0 Å². The number of amides is 1. The minimum Gasteiger partial charge on any atom is -0.339 e. The van der Waals surface area contributed by atoms with E-state index in [0.717, 1.165) is 12.3 Å². The van der Waals surface area contributed by atoms with E-state index in [2.05, 4.69) is 16.2 Å². The first-order valence-electron chi connectivity index (χ1n) is 4.13. The second-order valence-electron chi connectivity index (χ2n) is 2.83. The fraction of sp³-hybridized carbons (Fsp3) is 0.200. The number of terminal acetylenes is 1. The van der Waals surface area contributed by atoms with Gasteiger partial charge in [0.1, 0.15) is 0 Å². The number of nitrogens with zero attached hydrogens (tertiary/aromatic N) is 1. The van der Waals surface area contributed by atoms with Crippen molar-refractivity contribution in [1.82, 2.24) is 10.3 Å². The Morgan fingerprint density at radius 2 is 2.33 bits per heavy atom. The fourth-order valence-corrected chi connectivity index (χ4v) is 0.910. The molecule has 0 aromatic carbocycles. The zero-order valence-corrected chi connectivity index (χ0v) is 7.92. The molecule has 1 atom stereocenters. The lowest BCUT2D eigenvalue weighted by molar-refractivity contribution is 0.0942. The van der Waals surface area contributed by atoms with Gasteiger partial charge in [-0.25, -0.2) is 9.37 Å². The van der Waals surface area contributed by atoms with Crippen LogP contribution in [0.5, 0.6) is 0 Å². The molecule has 15 heavy (non-hydrogen) atoms. The molecule has 0 fully saturated rings. The molecule has 1 unspecified atom stereocenters. The van der Waals surface area contributed by atoms with E-state index in [-0.39, 0.29) is 0 Å². The van der Waals surface area contributed by atoms with E-state index in [1.54, 1.807) is 6.92 Å². The largest absolute Gasteiger partial charge is 0.339 e. The number of carbonyl (C=O) groups is 1. The summed E-state index contributed by atoms with van der Waals surface area (Å²) in [7, 11) is 0. The summed E-state index contributed by atoms with van der Waals surface area (Å²) in [6.07, 6.45) is 6.03. The van der Waals surface area contributed by atoms with Crippen LogP contribution in [-0.2, 0) is 0 Å². The molecule has 0 saturated heterocycles. The van der Waals surface area contributed by atoms with E-state index < -0.39 is 29.3 Å². The van der Waals surface area contributed by atoms with E-state index in [1.807, 2.05) is 0 Å². The van der Waals surface area contributed by atoms with Crippen LogP contribution in [0.4, 0.5) is 8.78 Å². The summed E-state index contributed by atoms with van der Waals surface area (Å²) < 4.78 is 25.7. The molecule has 0 aliphatic carbocycles. The van der Waals surface area contributed by atoms with Gasteiger partial charge in [-0.3, -0.25) is 4.79 Å². The van der Waals surface area contributed by atoms with Crippen LogP contribution in [0.15, 0.2) is 12.3 Å². The quantitative estimate of drug-likeness (QED) is 0.587. The molecule has 1 aromatic rings. The minimum absolute atomic E-state index is 0.412. The number of hydrogen-bond donors (Lipinski definition) is 1. The average molecular weight is 210 g/mol. The molecule has 1 aromatic heterocycles. The summed E-state index contributed by atoms with van der Waals surface area (Å²) >= 11 is 0. The lowest BCUT2D eigenvalue weighted by Gasteiger charge is -2.07. The van der Waals surface area contributed by atoms with E-state index in [9.17, 15) is 13.6 Å². The Labute approximate surface area is 85.5 Å². The van der Waals surface area contributed by atoms with Crippen LogP contribution in [0.1, 0.15) is 17.3 Å². The normalized spacial score (nSPS) is 11.6. The Bertz CT molecular complexity index is 426. The zero-order chi connectivity index (χ0) is 11.4. The molecule has 1 heterocycles. The van der Waals surface area contributed by atoms with Crippen molar-refractivity contribution in [3.8, 4) is 12.3 Å². The Kier molecular flexibility index (Phi) is 3.34. The Morgan fingerprint density at radius 3 is 2.93 bits per heavy atom. The molecule has 0 aliphatic heterocycles. The molecule has 0 bridgehead atoms. The van der Waals surface area contributed by atoms with E-state index in [0.29, 0.717) is 0 Å². The minimum atomic E-state index is -1.31. The molecule has 78 valence electrons. The van der Waals surface area contributed by atoms with Crippen molar-refractivity contribution in [2.75, 3.05) is 0 Å². The van der Waals surface area contributed by atoms with Gasteiger partial charge in [0.2, 0.25) is 5.95 Å². The average Bonchev–Trinajstić information content (AvgIpc) is 2.21. The second-order valence-corrected chi connectivity index (χ2v) is 2.83. The Morgan fingerprint density at radius 1 is 1.67 bits per heavy atom. The van der Waals surface area contributed by atoms with Crippen molar-refractivity contribution in [1.29, 1.82) is 0 Å². The van der Waals surface area contributed by atoms with Crippen molar-refractivity contribution in [3.05, 3.63) is 29.6 Å². The van der Waals surface area contributed by atoms with Gasteiger partial charge in [-0.15, -0.1) is 6.42 Å². The van der Waals surface area contributed by atoms with Crippen molar-refractivity contribution in [3.63, 3.8) is 0 Å². The summed E-state index contributed by atoms with van der Waals surface area (Å²) in [5.74, 6) is -1.12. The van der Waals surface area contributed by atoms with Gasteiger partial charge in [0, 0.05) is 6.20 Å².